The normalized spacial score (nSPS) is 22.1. The van der Waals surface area contributed by atoms with Gasteiger partial charge in [-0.15, -0.1) is 11.3 Å². The fourth-order valence-electron chi connectivity index (χ4n) is 3.58. The van der Waals surface area contributed by atoms with Crippen LogP contribution in [0.15, 0.2) is 12.3 Å². The lowest BCUT2D eigenvalue weighted by molar-refractivity contribution is 0.0978. The summed E-state index contributed by atoms with van der Waals surface area (Å²) in [5.41, 5.74) is 3.68. The van der Waals surface area contributed by atoms with Crippen LogP contribution in [-0.2, 0) is 6.42 Å². The molecule has 0 bridgehead atoms. The van der Waals surface area contributed by atoms with E-state index in [-0.39, 0.29) is 17.6 Å². The van der Waals surface area contributed by atoms with Gasteiger partial charge in [0.15, 0.2) is 0 Å². The third-order valence-electron chi connectivity index (χ3n) is 4.55. The summed E-state index contributed by atoms with van der Waals surface area (Å²) >= 11 is 1.78. The van der Waals surface area contributed by atoms with Crippen LogP contribution in [0.5, 0.6) is 0 Å². The van der Waals surface area contributed by atoms with Crippen LogP contribution in [0.25, 0.3) is 0 Å². The summed E-state index contributed by atoms with van der Waals surface area (Å²) in [6.07, 6.45) is 3.67. The summed E-state index contributed by atoms with van der Waals surface area (Å²) in [5, 5.41) is 11.5. The first-order valence-electron chi connectivity index (χ1n) is 7.60. The molecule has 0 amide bonds. The van der Waals surface area contributed by atoms with Crippen molar-refractivity contribution in [2.75, 3.05) is 0 Å². The first kappa shape index (κ1) is 14.8. The van der Waals surface area contributed by atoms with Crippen LogP contribution >= 0.6 is 11.3 Å². The van der Waals surface area contributed by atoms with E-state index < -0.39 is 0 Å². The Morgan fingerprint density at radius 2 is 2.14 bits per heavy atom. The molecule has 0 aliphatic heterocycles. The SMILES string of the molecule is Cc1nc(C)c(C(C)n2ccc3c2CC(C)(C)CC3O)s1. The summed E-state index contributed by atoms with van der Waals surface area (Å²) in [7, 11) is 0. The van der Waals surface area contributed by atoms with Gasteiger partial charge in [-0.25, -0.2) is 4.98 Å². The van der Waals surface area contributed by atoms with Crippen LogP contribution in [0.1, 0.15) is 66.2 Å². The highest BCUT2D eigenvalue weighted by Gasteiger charge is 2.34. The van der Waals surface area contributed by atoms with Crippen molar-refractivity contribution in [3.63, 3.8) is 0 Å². The molecule has 0 fully saturated rings. The largest absolute Gasteiger partial charge is 0.388 e. The highest BCUT2D eigenvalue weighted by Crippen LogP contribution is 2.42. The van der Waals surface area contributed by atoms with Crippen LogP contribution in [0, 0.1) is 19.3 Å². The van der Waals surface area contributed by atoms with Crippen molar-refractivity contribution in [2.45, 2.75) is 59.6 Å². The summed E-state index contributed by atoms with van der Waals surface area (Å²) in [6.45, 7) is 10.9. The van der Waals surface area contributed by atoms with E-state index in [1.165, 1.54) is 10.6 Å². The Bertz CT molecular complexity index is 668. The van der Waals surface area contributed by atoms with Crippen LogP contribution in [0.3, 0.4) is 0 Å². The van der Waals surface area contributed by atoms with Crippen molar-refractivity contribution in [1.29, 1.82) is 0 Å². The average Bonchev–Trinajstić information content (AvgIpc) is 2.90. The molecule has 1 aliphatic rings. The van der Waals surface area contributed by atoms with Crippen molar-refractivity contribution in [3.8, 4) is 0 Å². The smallest absolute Gasteiger partial charge is 0.0900 e. The third kappa shape index (κ3) is 2.55. The van der Waals surface area contributed by atoms with Gasteiger partial charge in [-0.1, -0.05) is 13.8 Å². The van der Waals surface area contributed by atoms with E-state index in [2.05, 4.69) is 56.4 Å². The minimum Gasteiger partial charge on any atom is -0.388 e. The molecule has 0 saturated heterocycles. The number of aromatic nitrogens is 2. The van der Waals surface area contributed by atoms with Gasteiger partial charge >= 0.3 is 0 Å². The van der Waals surface area contributed by atoms with Gasteiger partial charge in [0.2, 0.25) is 0 Å². The van der Waals surface area contributed by atoms with Crippen LogP contribution < -0.4 is 0 Å². The third-order valence-corrected chi connectivity index (χ3v) is 5.79. The monoisotopic (exact) mass is 304 g/mol. The first-order valence-corrected chi connectivity index (χ1v) is 8.42. The number of nitrogens with zero attached hydrogens (tertiary/aromatic N) is 2. The van der Waals surface area contributed by atoms with Crippen LogP contribution in [0.4, 0.5) is 0 Å². The maximum atomic E-state index is 10.4. The van der Waals surface area contributed by atoms with Crippen LogP contribution in [0.2, 0.25) is 0 Å². The molecule has 1 aliphatic carbocycles. The first-order chi connectivity index (χ1) is 9.78. The Labute approximate surface area is 130 Å². The lowest BCUT2D eigenvalue weighted by atomic mass is 9.75. The quantitative estimate of drug-likeness (QED) is 0.904. The van der Waals surface area contributed by atoms with E-state index in [4.69, 9.17) is 0 Å². The second kappa shape index (κ2) is 4.96. The summed E-state index contributed by atoms with van der Waals surface area (Å²) < 4.78 is 2.33. The molecule has 21 heavy (non-hydrogen) atoms. The van der Waals surface area contributed by atoms with E-state index in [0.717, 1.165) is 29.1 Å². The maximum Gasteiger partial charge on any atom is 0.0900 e. The van der Waals surface area contributed by atoms with E-state index in [9.17, 15) is 5.11 Å². The second-order valence-corrected chi connectivity index (χ2v) is 8.28. The predicted octanol–water partition coefficient (Wildman–Crippen LogP) is 4.18. The Hall–Kier alpha value is -1.13. The molecule has 1 N–H and O–H groups in total. The van der Waals surface area contributed by atoms with Gasteiger partial charge in [-0.05, 0) is 45.1 Å². The molecule has 2 atom stereocenters. The fraction of sp³-hybridized carbons (Fsp3) is 0.588. The van der Waals surface area contributed by atoms with Crippen molar-refractivity contribution in [3.05, 3.63) is 39.1 Å². The number of aliphatic hydroxyl groups is 1. The van der Waals surface area contributed by atoms with Crippen molar-refractivity contribution >= 4 is 11.3 Å². The molecule has 0 radical (unpaired) electrons. The molecule has 2 heterocycles. The molecule has 3 rings (SSSR count). The van der Waals surface area contributed by atoms with Gasteiger partial charge in [0.05, 0.1) is 27.7 Å². The standard InChI is InChI=1S/C17H24N2OS/c1-10-16(21-12(3)18-10)11(2)19-7-6-13-14(19)8-17(4,5)9-15(13)20/h6-7,11,15,20H,8-9H2,1-5H3. The van der Waals surface area contributed by atoms with Gasteiger partial charge in [-0.2, -0.15) is 0 Å². The van der Waals surface area contributed by atoms with Gasteiger partial charge < -0.3 is 9.67 Å². The highest BCUT2D eigenvalue weighted by molar-refractivity contribution is 7.11. The Morgan fingerprint density at radius 3 is 2.76 bits per heavy atom. The topological polar surface area (TPSA) is 38.0 Å². The van der Waals surface area contributed by atoms with Gasteiger partial charge in [0, 0.05) is 17.5 Å². The molecule has 114 valence electrons. The molecule has 4 heteroatoms. The van der Waals surface area contributed by atoms with Gasteiger partial charge in [0.25, 0.3) is 0 Å². The zero-order valence-electron chi connectivity index (χ0n) is 13.5. The lowest BCUT2D eigenvalue weighted by Gasteiger charge is -2.34. The molecule has 0 aromatic carbocycles. The highest BCUT2D eigenvalue weighted by atomic mass is 32.1. The Morgan fingerprint density at radius 1 is 1.43 bits per heavy atom. The van der Waals surface area contributed by atoms with E-state index >= 15 is 0 Å². The number of rotatable bonds is 2. The summed E-state index contributed by atoms with van der Waals surface area (Å²) in [6, 6.07) is 2.37. The number of hydrogen-bond acceptors (Lipinski definition) is 3. The maximum absolute atomic E-state index is 10.4. The zero-order valence-corrected chi connectivity index (χ0v) is 14.3. The lowest BCUT2D eigenvalue weighted by Crippen LogP contribution is -2.27. The number of fused-ring (bicyclic) bond motifs is 1. The van der Waals surface area contributed by atoms with Crippen LogP contribution in [-0.4, -0.2) is 14.7 Å². The Kier molecular flexibility index (Phi) is 3.49. The average molecular weight is 304 g/mol. The number of aryl methyl sites for hydroxylation is 2. The zero-order chi connectivity index (χ0) is 15.4. The van der Waals surface area contributed by atoms with Gasteiger partial charge in [-0.3, -0.25) is 0 Å². The molecule has 2 unspecified atom stereocenters. The minimum atomic E-state index is -0.332. The van der Waals surface area contributed by atoms with E-state index in [1.54, 1.807) is 11.3 Å². The molecular weight excluding hydrogens is 280 g/mol. The van der Waals surface area contributed by atoms with E-state index in [1.807, 2.05) is 0 Å². The van der Waals surface area contributed by atoms with Crippen molar-refractivity contribution < 1.29 is 5.11 Å². The molecule has 2 aromatic rings. The van der Waals surface area contributed by atoms with Crippen molar-refractivity contribution in [2.24, 2.45) is 5.41 Å². The molecule has 0 saturated carbocycles. The molecular formula is C17H24N2OS. The van der Waals surface area contributed by atoms with Crippen molar-refractivity contribution in [1.82, 2.24) is 9.55 Å². The van der Waals surface area contributed by atoms with E-state index in [0.29, 0.717) is 0 Å². The molecule has 3 nitrogen and oxygen atoms in total. The minimum absolute atomic E-state index is 0.154. The Balaban J connectivity index is 2.03. The summed E-state index contributed by atoms with van der Waals surface area (Å²) in [4.78, 5) is 5.88. The number of hydrogen-bond donors (Lipinski definition) is 1. The molecule has 0 spiro atoms. The number of aliphatic hydroxyl groups excluding tert-OH is 1. The van der Waals surface area contributed by atoms with Gasteiger partial charge in [0.1, 0.15) is 0 Å². The number of thiazole rings is 1. The fourth-order valence-corrected chi connectivity index (χ4v) is 4.55. The summed E-state index contributed by atoms with van der Waals surface area (Å²) in [5.74, 6) is 0. The predicted molar refractivity (Wildman–Crippen MR) is 86.9 cm³/mol. The molecule has 2 aromatic heterocycles. The second-order valence-electron chi connectivity index (χ2n) is 7.04.